The van der Waals surface area contributed by atoms with Gasteiger partial charge in [0.05, 0.1) is 12.1 Å². The van der Waals surface area contributed by atoms with E-state index in [0.717, 1.165) is 21.4 Å². The molecule has 30 heavy (non-hydrogen) atoms. The van der Waals surface area contributed by atoms with Crippen molar-refractivity contribution in [1.82, 2.24) is 15.2 Å². The number of rotatable bonds is 8. The highest BCUT2D eigenvalue weighted by Crippen LogP contribution is 2.25. The van der Waals surface area contributed by atoms with Gasteiger partial charge in [-0.05, 0) is 48.1 Å². The van der Waals surface area contributed by atoms with Gasteiger partial charge in [0.15, 0.2) is 0 Å². The number of nitrogens with zero attached hydrogens (tertiary/aromatic N) is 4. The summed E-state index contributed by atoms with van der Waals surface area (Å²) < 4.78 is 6.57. The quantitative estimate of drug-likeness (QED) is 0.495. The molecule has 3 rings (SSSR count). The van der Waals surface area contributed by atoms with E-state index in [0.29, 0.717) is 11.8 Å². The van der Waals surface area contributed by atoms with Crippen LogP contribution in [0.5, 0.6) is 5.19 Å². The van der Waals surface area contributed by atoms with Crippen LogP contribution in [0.2, 0.25) is 0 Å². The van der Waals surface area contributed by atoms with Gasteiger partial charge in [-0.15, -0.1) is 5.10 Å². The number of nitrogens with one attached hydrogen (secondary N) is 2. The molecule has 0 aliphatic carbocycles. The van der Waals surface area contributed by atoms with E-state index in [9.17, 15) is 9.59 Å². The Labute approximate surface area is 184 Å². The third-order valence-corrected chi connectivity index (χ3v) is 4.94. The lowest BCUT2D eigenvalue weighted by molar-refractivity contribution is -0.115. The summed E-state index contributed by atoms with van der Waals surface area (Å²) in [5.74, 6) is -0.506. The minimum absolute atomic E-state index is 0.0188. The van der Waals surface area contributed by atoms with Gasteiger partial charge in [0.1, 0.15) is 30.0 Å². The standard InChI is InChI=1S/C19H15BrN6O3S/c1-11(27)9-22-16-15(7-6-14(8-21)23-16)17(28)24-18-25-26-19(30-18)29-10-12-2-4-13(20)5-3-12/h2-7H,9-10H2,1H3,(H,22,23)(H,24,25,28). The van der Waals surface area contributed by atoms with Gasteiger partial charge < -0.3 is 10.1 Å². The van der Waals surface area contributed by atoms with Gasteiger partial charge in [-0.25, -0.2) is 4.98 Å². The molecule has 1 aromatic carbocycles. The lowest BCUT2D eigenvalue weighted by Gasteiger charge is -2.09. The second-order valence-corrected chi connectivity index (χ2v) is 7.86. The Morgan fingerprint density at radius 3 is 2.67 bits per heavy atom. The fourth-order valence-corrected chi connectivity index (χ4v) is 3.11. The first-order valence-electron chi connectivity index (χ1n) is 8.61. The number of Topliss-reactive ketones (excluding diaryl/α,β-unsaturated/α-hetero) is 1. The van der Waals surface area contributed by atoms with Gasteiger partial charge in [-0.2, -0.15) is 5.26 Å². The number of ether oxygens (including phenoxy) is 1. The van der Waals surface area contributed by atoms with E-state index in [1.165, 1.54) is 19.1 Å². The largest absolute Gasteiger partial charge is 0.464 e. The van der Waals surface area contributed by atoms with Crippen molar-refractivity contribution in [3.63, 3.8) is 0 Å². The Bertz CT molecular complexity index is 1110. The summed E-state index contributed by atoms with van der Waals surface area (Å²) in [4.78, 5) is 27.9. The Balaban J connectivity index is 1.66. The lowest BCUT2D eigenvalue weighted by atomic mass is 10.2. The minimum Gasteiger partial charge on any atom is -0.464 e. The molecule has 0 radical (unpaired) electrons. The third-order valence-electron chi connectivity index (χ3n) is 3.66. The van der Waals surface area contributed by atoms with Gasteiger partial charge in [0.25, 0.3) is 11.1 Å². The van der Waals surface area contributed by atoms with E-state index < -0.39 is 5.91 Å². The van der Waals surface area contributed by atoms with E-state index in [4.69, 9.17) is 10.00 Å². The molecule has 11 heteroatoms. The Kier molecular flexibility index (Phi) is 7.05. The molecule has 0 saturated heterocycles. The molecule has 2 N–H and O–H groups in total. The molecule has 0 saturated carbocycles. The summed E-state index contributed by atoms with van der Waals surface area (Å²) in [7, 11) is 0. The number of pyridine rings is 1. The van der Waals surface area contributed by atoms with Gasteiger partial charge >= 0.3 is 0 Å². The molecule has 0 fully saturated rings. The van der Waals surface area contributed by atoms with Crippen LogP contribution in [0.3, 0.4) is 0 Å². The summed E-state index contributed by atoms with van der Waals surface area (Å²) in [5.41, 5.74) is 1.25. The van der Waals surface area contributed by atoms with Crippen LogP contribution < -0.4 is 15.4 Å². The first-order chi connectivity index (χ1) is 14.4. The number of amides is 1. The van der Waals surface area contributed by atoms with Crippen molar-refractivity contribution < 1.29 is 14.3 Å². The normalized spacial score (nSPS) is 10.2. The number of nitriles is 1. The molecule has 2 aromatic heterocycles. The molecule has 0 bridgehead atoms. The van der Waals surface area contributed by atoms with Crippen molar-refractivity contribution in [3.8, 4) is 11.3 Å². The topological polar surface area (TPSA) is 130 Å². The maximum atomic E-state index is 12.6. The predicted molar refractivity (Wildman–Crippen MR) is 114 cm³/mol. The fourth-order valence-electron chi connectivity index (χ4n) is 2.26. The van der Waals surface area contributed by atoms with E-state index in [1.807, 2.05) is 30.3 Å². The monoisotopic (exact) mass is 486 g/mol. The zero-order valence-electron chi connectivity index (χ0n) is 15.7. The van der Waals surface area contributed by atoms with Crippen molar-refractivity contribution in [2.75, 3.05) is 17.2 Å². The van der Waals surface area contributed by atoms with Crippen molar-refractivity contribution in [2.45, 2.75) is 13.5 Å². The number of aromatic nitrogens is 3. The number of anilines is 2. The van der Waals surface area contributed by atoms with Crippen molar-refractivity contribution in [2.24, 2.45) is 0 Å². The summed E-state index contributed by atoms with van der Waals surface area (Å²) in [5, 5.41) is 22.8. The van der Waals surface area contributed by atoms with E-state index in [-0.39, 0.29) is 34.5 Å². The molecular weight excluding hydrogens is 472 g/mol. The van der Waals surface area contributed by atoms with Crippen LogP contribution in [0.1, 0.15) is 28.5 Å². The fraction of sp³-hybridized carbons (Fsp3) is 0.158. The minimum atomic E-state index is -0.506. The van der Waals surface area contributed by atoms with Gasteiger partial charge in [0, 0.05) is 4.47 Å². The average molecular weight is 487 g/mol. The average Bonchev–Trinajstić information content (AvgIpc) is 3.18. The molecule has 0 aliphatic rings. The van der Waals surface area contributed by atoms with E-state index in [1.54, 1.807) is 0 Å². The molecule has 3 aromatic rings. The summed E-state index contributed by atoms with van der Waals surface area (Å²) in [6, 6.07) is 12.4. The van der Waals surface area contributed by atoms with Crippen molar-refractivity contribution in [1.29, 1.82) is 5.26 Å². The van der Waals surface area contributed by atoms with Crippen molar-refractivity contribution in [3.05, 3.63) is 57.7 Å². The van der Waals surface area contributed by atoms with Gasteiger partial charge in [0.2, 0.25) is 5.13 Å². The zero-order chi connectivity index (χ0) is 21.5. The number of carbonyl (C=O) groups excluding carboxylic acids is 2. The smallest absolute Gasteiger partial charge is 0.296 e. The maximum absolute atomic E-state index is 12.6. The highest BCUT2D eigenvalue weighted by atomic mass is 79.9. The first-order valence-corrected chi connectivity index (χ1v) is 10.2. The molecule has 152 valence electrons. The highest BCUT2D eigenvalue weighted by molar-refractivity contribution is 9.10. The van der Waals surface area contributed by atoms with Crippen LogP contribution in [0.4, 0.5) is 10.9 Å². The van der Waals surface area contributed by atoms with E-state index >= 15 is 0 Å². The van der Waals surface area contributed by atoms with Gasteiger partial charge in [-0.1, -0.05) is 33.2 Å². The van der Waals surface area contributed by atoms with Crippen LogP contribution >= 0.6 is 27.3 Å². The SMILES string of the molecule is CC(=O)CNc1nc(C#N)ccc1C(=O)Nc1nnc(OCc2ccc(Br)cc2)s1. The Hall–Kier alpha value is -3.36. The van der Waals surface area contributed by atoms with Crippen LogP contribution in [0, 0.1) is 11.3 Å². The molecule has 0 unspecified atom stereocenters. The second kappa shape index (κ2) is 9.91. The van der Waals surface area contributed by atoms with Gasteiger partial charge in [-0.3, -0.25) is 14.9 Å². The third kappa shape index (κ3) is 5.82. The van der Waals surface area contributed by atoms with Crippen LogP contribution in [-0.4, -0.2) is 33.4 Å². The molecule has 0 atom stereocenters. The highest BCUT2D eigenvalue weighted by Gasteiger charge is 2.17. The summed E-state index contributed by atoms with van der Waals surface area (Å²) in [6.45, 7) is 1.70. The summed E-state index contributed by atoms with van der Waals surface area (Å²) >= 11 is 4.45. The number of hydrogen-bond donors (Lipinski definition) is 2. The van der Waals surface area contributed by atoms with E-state index in [2.05, 4.69) is 41.7 Å². The Morgan fingerprint density at radius 1 is 1.20 bits per heavy atom. The second-order valence-electron chi connectivity index (χ2n) is 6.00. The molecule has 1 amide bonds. The van der Waals surface area contributed by atoms with Crippen LogP contribution in [0.15, 0.2) is 40.9 Å². The van der Waals surface area contributed by atoms with Crippen LogP contribution in [-0.2, 0) is 11.4 Å². The number of carbonyl (C=O) groups is 2. The maximum Gasteiger partial charge on any atom is 0.296 e. The molecule has 2 heterocycles. The number of hydrogen-bond acceptors (Lipinski definition) is 9. The van der Waals surface area contributed by atoms with Crippen molar-refractivity contribution >= 4 is 49.9 Å². The molecule has 0 spiro atoms. The molecular formula is C19H15BrN6O3S. The number of benzene rings is 1. The predicted octanol–water partition coefficient (Wildman–Crippen LogP) is 3.40. The number of halogens is 1. The molecule has 9 nitrogen and oxygen atoms in total. The first kappa shape index (κ1) is 21.4. The Morgan fingerprint density at radius 2 is 1.97 bits per heavy atom. The zero-order valence-corrected chi connectivity index (χ0v) is 18.1. The molecule has 0 aliphatic heterocycles. The number of ketones is 1. The lowest BCUT2D eigenvalue weighted by Crippen LogP contribution is -2.18. The van der Waals surface area contributed by atoms with Crippen LogP contribution in [0.25, 0.3) is 0 Å². The summed E-state index contributed by atoms with van der Waals surface area (Å²) in [6.07, 6.45) is 0.